The number of aliphatic hydroxyl groups is 11. The summed E-state index contributed by atoms with van der Waals surface area (Å²) in [6.45, 7) is 1.73. The zero-order chi connectivity index (χ0) is 64.7. The second kappa shape index (κ2) is 52.3. The van der Waals surface area contributed by atoms with Crippen LogP contribution < -0.4 is 5.32 Å². The number of amides is 1. The Hall–Kier alpha value is -1.99. The Morgan fingerprint density at radius 2 is 0.719 bits per heavy atom. The molecule has 3 aliphatic rings. The molecule has 0 aliphatic carbocycles. The van der Waals surface area contributed by atoms with Crippen LogP contribution in [-0.4, -0.2) is 193 Å². The SMILES string of the molecule is CCCCCCCCCCC/C=C/CC/C=C/CC/C=C/C(O)C(COC1OC(CO)C(OC2OC(CO)C(OC3OC(CO)C(O)C(O)C3O)C(O)C2O)C(O)C1O)NC(=O)CCCCCCCCCCCCCCCCCCCCCCCCCCC. The third kappa shape index (κ3) is 34.3. The molecule has 3 saturated heterocycles. The largest absolute Gasteiger partial charge is 0.394 e. The van der Waals surface area contributed by atoms with E-state index in [0.29, 0.717) is 12.8 Å². The summed E-state index contributed by atoms with van der Waals surface area (Å²) in [4.78, 5) is 13.4. The monoisotopic (exact) mass is 1270 g/mol. The van der Waals surface area contributed by atoms with Crippen LogP contribution in [0.3, 0.4) is 0 Å². The molecular formula is C70H129NO18. The van der Waals surface area contributed by atoms with Crippen molar-refractivity contribution in [2.45, 2.75) is 375 Å². The number of aliphatic hydroxyl groups excluding tert-OH is 11. The van der Waals surface area contributed by atoms with Gasteiger partial charge in [0.15, 0.2) is 18.9 Å². The molecule has 1 amide bonds. The smallest absolute Gasteiger partial charge is 0.220 e. The van der Waals surface area contributed by atoms with Gasteiger partial charge in [0.05, 0.1) is 38.6 Å². The summed E-state index contributed by atoms with van der Waals surface area (Å²) in [5, 5.41) is 121. The fraction of sp³-hybridized carbons (Fsp3) is 0.900. The van der Waals surface area contributed by atoms with E-state index in [-0.39, 0.29) is 18.9 Å². The molecule has 0 radical (unpaired) electrons. The zero-order valence-electron chi connectivity index (χ0n) is 55.2. The first kappa shape index (κ1) is 81.2. The fourth-order valence-corrected chi connectivity index (χ4v) is 12.1. The van der Waals surface area contributed by atoms with Crippen LogP contribution in [0.2, 0.25) is 0 Å². The topological polar surface area (TPSA) is 307 Å². The number of unbranched alkanes of at least 4 members (excludes halogenated alkanes) is 35. The molecule has 0 saturated carbocycles. The van der Waals surface area contributed by atoms with Crippen molar-refractivity contribution in [1.82, 2.24) is 5.32 Å². The number of carbonyl (C=O) groups excluding carboxylic acids is 1. The lowest BCUT2D eigenvalue weighted by atomic mass is 9.96. The number of hydrogen-bond acceptors (Lipinski definition) is 18. The van der Waals surface area contributed by atoms with Crippen LogP contribution in [0.4, 0.5) is 0 Å². The predicted octanol–water partition coefficient (Wildman–Crippen LogP) is 9.61. The molecule has 17 unspecified atom stereocenters. The van der Waals surface area contributed by atoms with Gasteiger partial charge in [0.1, 0.15) is 73.2 Å². The number of hydrogen-bond donors (Lipinski definition) is 12. The molecular weight excluding hydrogens is 1140 g/mol. The van der Waals surface area contributed by atoms with Crippen LogP contribution in [0.15, 0.2) is 36.5 Å². The second-order valence-corrected chi connectivity index (χ2v) is 25.7. The summed E-state index contributed by atoms with van der Waals surface area (Å²) in [5.41, 5.74) is 0. The van der Waals surface area contributed by atoms with Crippen LogP contribution in [0.5, 0.6) is 0 Å². The van der Waals surface area contributed by atoms with Gasteiger partial charge in [-0.2, -0.15) is 0 Å². The summed E-state index contributed by atoms with van der Waals surface area (Å²) in [5.74, 6) is -0.285. The molecule has 19 nitrogen and oxygen atoms in total. The Bertz CT molecular complexity index is 1760. The maximum atomic E-state index is 13.4. The van der Waals surface area contributed by atoms with Gasteiger partial charge in [-0.3, -0.25) is 4.79 Å². The fourth-order valence-electron chi connectivity index (χ4n) is 12.1. The summed E-state index contributed by atoms with van der Waals surface area (Å²) in [6.07, 6.45) is 34.1. The van der Waals surface area contributed by atoms with Crippen molar-refractivity contribution in [3.05, 3.63) is 36.5 Å². The Balaban J connectivity index is 1.44. The first-order valence-corrected chi connectivity index (χ1v) is 35.7. The Morgan fingerprint density at radius 1 is 0.393 bits per heavy atom. The zero-order valence-corrected chi connectivity index (χ0v) is 55.2. The van der Waals surface area contributed by atoms with Crippen molar-refractivity contribution in [3.63, 3.8) is 0 Å². The van der Waals surface area contributed by atoms with Crippen LogP contribution in [-0.2, 0) is 33.2 Å². The van der Waals surface area contributed by atoms with Gasteiger partial charge in [-0.15, -0.1) is 0 Å². The predicted molar refractivity (Wildman–Crippen MR) is 346 cm³/mol. The van der Waals surface area contributed by atoms with Gasteiger partial charge in [-0.25, -0.2) is 0 Å². The van der Waals surface area contributed by atoms with Crippen LogP contribution >= 0.6 is 0 Å². The quantitative estimate of drug-likeness (QED) is 0.0199. The molecule has 0 aromatic rings. The average molecular weight is 1270 g/mol. The van der Waals surface area contributed by atoms with Crippen molar-refractivity contribution in [2.24, 2.45) is 0 Å². The second-order valence-electron chi connectivity index (χ2n) is 25.7. The number of carbonyl (C=O) groups is 1. The minimum absolute atomic E-state index is 0.236. The Morgan fingerprint density at radius 3 is 1.12 bits per heavy atom. The highest BCUT2D eigenvalue weighted by molar-refractivity contribution is 5.76. The van der Waals surface area contributed by atoms with Crippen molar-refractivity contribution in [3.8, 4) is 0 Å². The van der Waals surface area contributed by atoms with Crippen molar-refractivity contribution < 1.29 is 89.4 Å². The lowest BCUT2D eigenvalue weighted by molar-refractivity contribution is -0.379. The van der Waals surface area contributed by atoms with Gasteiger partial charge in [0.2, 0.25) is 5.91 Å². The minimum Gasteiger partial charge on any atom is -0.394 e. The van der Waals surface area contributed by atoms with E-state index in [1.54, 1.807) is 6.08 Å². The Labute approximate surface area is 536 Å². The summed E-state index contributed by atoms with van der Waals surface area (Å²) in [6, 6.07) is -0.994. The molecule has 0 aromatic carbocycles. The number of rotatable bonds is 55. The van der Waals surface area contributed by atoms with Crippen LogP contribution in [0.25, 0.3) is 0 Å². The standard InChI is InChI=1S/C70H129NO18/c1-3-5-7-9-11-13-15-17-19-21-23-24-25-26-27-28-30-32-34-36-38-40-42-44-46-48-58(76)71-53(54(75)47-45-43-41-39-37-35-33-31-29-22-20-18-16-14-12-10-8-6-4-2)52-84-68-64(82)61(79)66(56(50-73)86-68)89-70-65(83)62(80)67(57(51-74)87-70)88-69-63(81)60(78)59(77)55(49-72)85-69/h29,31,37,39,45,47,53-57,59-70,72-75,77-83H,3-28,30,32-36,38,40-44,46,48-52H2,1-2H3,(H,71,76)/b31-29+,39-37+,47-45+. The van der Waals surface area contributed by atoms with Crippen molar-refractivity contribution >= 4 is 5.91 Å². The lowest BCUT2D eigenvalue weighted by Gasteiger charge is -2.48. The molecule has 3 rings (SSSR count). The van der Waals surface area contributed by atoms with E-state index in [0.717, 1.165) is 44.9 Å². The molecule has 3 aliphatic heterocycles. The molecule has 522 valence electrons. The number of nitrogens with one attached hydrogen (secondary N) is 1. The van der Waals surface area contributed by atoms with Gasteiger partial charge >= 0.3 is 0 Å². The third-order valence-corrected chi connectivity index (χ3v) is 17.9. The van der Waals surface area contributed by atoms with Gasteiger partial charge < -0.3 is 89.9 Å². The summed E-state index contributed by atoms with van der Waals surface area (Å²) >= 11 is 0. The number of ether oxygens (including phenoxy) is 6. The van der Waals surface area contributed by atoms with E-state index in [1.807, 2.05) is 6.08 Å². The van der Waals surface area contributed by atoms with Crippen molar-refractivity contribution in [1.29, 1.82) is 0 Å². The molecule has 3 heterocycles. The molecule has 0 bridgehead atoms. The third-order valence-electron chi connectivity index (χ3n) is 17.9. The van der Waals surface area contributed by atoms with E-state index >= 15 is 0 Å². The maximum Gasteiger partial charge on any atom is 0.220 e. The highest BCUT2D eigenvalue weighted by Gasteiger charge is 2.53. The molecule has 0 aromatic heterocycles. The summed E-state index contributed by atoms with van der Waals surface area (Å²) < 4.78 is 34.3. The van der Waals surface area contributed by atoms with E-state index in [2.05, 4.69) is 43.5 Å². The molecule has 17 atom stereocenters. The first-order chi connectivity index (χ1) is 43.3. The molecule has 3 fully saturated rings. The van der Waals surface area contributed by atoms with Gasteiger partial charge in [0, 0.05) is 6.42 Å². The van der Waals surface area contributed by atoms with E-state index in [4.69, 9.17) is 28.4 Å². The first-order valence-electron chi connectivity index (χ1n) is 35.7. The Kier molecular flexibility index (Phi) is 47.7. The normalized spacial score (nSPS) is 28.4. The van der Waals surface area contributed by atoms with E-state index < -0.39 is 124 Å². The lowest BCUT2D eigenvalue weighted by Crippen LogP contribution is -2.66. The van der Waals surface area contributed by atoms with E-state index in [1.165, 1.54) is 193 Å². The van der Waals surface area contributed by atoms with Gasteiger partial charge in [-0.05, 0) is 44.9 Å². The van der Waals surface area contributed by atoms with Crippen molar-refractivity contribution in [2.75, 3.05) is 26.4 Å². The molecule has 89 heavy (non-hydrogen) atoms. The molecule has 12 N–H and O–H groups in total. The highest BCUT2D eigenvalue weighted by Crippen LogP contribution is 2.33. The average Bonchev–Trinajstić information content (AvgIpc) is 1.92. The highest BCUT2D eigenvalue weighted by atomic mass is 16.8. The molecule has 0 spiro atoms. The van der Waals surface area contributed by atoms with Crippen LogP contribution in [0, 0.1) is 0 Å². The van der Waals surface area contributed by atoms with Crippen LogP contribution in [0.1, 0.15) is 271 Å². The van der Waals surface area contributed by atoms with E-state index in [9.17, 15) is 61.0 Å². The maximum absolute atomic E-state index is 13.4. The van der Waals surface area contributed by atoms with Gasteiger partial charge in [0.25, 0.3) is 0 Å². The van der Waals surface area contributed by atoms with Gasteiger partial charge in [-0.1, -0.05) is 256 Å². The molecule has 19 heteroatoms. The number of allylic oxidation sites excluding steroid dienone is 5. The summed E-state index contributed by atoms with van der Waals surface area (Å²) in [7, 11) is 0. The minimum atomic E-state index is -1.98.